The summed E-state index contributed by atoms with van der Waals surface area (Å²) in [5, 5.41) is 27.9. The van der Waals surface area contributed by atoms with Crippen LogP contribution in [0.2, 0.25) is 0 Å². The van der Waals surface area contributed by atoms with Gasteiger partial charge in [0.1, 0.15) is 20.8 Å². The molecule has 2 fully saturated rings. The number of halogens is 2. The normalized spacial score (nSPS) is 14.8. The first-order chi connectivity index (χ1) is 23.6. The molecule has 2 aliphatic rings. The van der Waals surface area contributed by atoms with Crippen LogP contribution >= 0.6 is 31.9 Å². The van der Waals surface area contributed by atoms with Crippen LogP contribution in [0.5, 0.6) is 11.5 Å². The van der Waals surface area contributed by atoms with Gasteiger partial charge in [-0.15, -0.1) is 10.2 Å². The lowest BCUT2D eigenvalue weighted by atomic mass is 9.93. The van der Waals surface area contributed by atoms with Crippen molar-refractivity contribution >= 4 is 55.4 Å². The van der Waals surface area contributed by atoms with E-state index in [2.05, 4.69) is 67.5 Å². The van der Waals surface area contributed by atoms with E-state index in [1.165, 1.54) is 19.4 Å². The second-order valence-corrected chi connectivity index (χ2v) is 12.6. The minimum absolute atomic E-state index is 0.0323. The number of hydrogen-bond acceptors (Lipinski definition) is 13. The number of pyridine rings is 2. The molecule has 0 atom stereocenters. The molecule has 0 aliphatic carbocycles. The summed E-state index contributed by atoms with van der Waals surface area (Å²) in [5.74, 6) is 1.70. The van der Waals surface area contributed by atoms with E-state index in [1.54, 1.807) is 25.4 Å². The molecule has 0 unspecified atom stereocenters. The lowest BCUT2D eigenvalue weighted by molar-refractivity contribution is 0.0692. The minimum atomic E-state index is -1.02. The molecule has 6 N–H and O–H groups in total. The van der Waals surface area contributed by atoms with Gasteiger partial charge < -0.3 is 36.3 Å². The number of aromatic nitrogens is 6. The molecule has 0 bridgehead atoms. The van der Waals surface area contributed by atoms with Crippen molar-refractivity contribution in [2.75, 3.05) is 51.9 Å². The van der Waals surface area contributed by atoms with Crippen molar-refractivity contribution in [2.45, 2.75) is 37.5 Å². The smallest absolute Gasteiger partial charge is 0.337 e. The fourth-order valence-electron chi connectivity index (χ4n) is 5.20. The lowest BCUT2D eigenvalue weighted by Gasteiger charge is -2.31. The monoisotopic (exact) mass is 800 g/mol. The fraction of sp³-hybridized carbons (Fsp3) is 0.375. The lowest BCUT2D eigenvalue weighted by Crippen LogP contribution is -2.38. The van der Waals surface area contributed by atoms with E-state index in [-0.39, 0.29) is 11.5 Å². The maximum atomic E-state index is 12.6. The van der Waals surface area contributed by atoms with Gasteiger partial charge in [0.25, 0.3) is 5.91 Å². The van der Waals surface area contributed by atoms with Crippen LogP contribution in [0.3, 0.4) is 0 Å². The maximum Gasteiger partial charge on any atom is 0.337 e. The molecular formula is C32H38Br2N10O5. The molecule has 15 nitrogen and oxygen atoms in total. The van der Waals surface area contributed by atoms with Gasteiger partial charge in [0.2, 0.25) is 0 Å². The van der Waals surface area contributed by atoms with Crippen LogP contribution in [0.15, 0.2) is 58.0 Å². The predicted octanol–water partition coefficient (Wildman–Crippen LogP) is 4.32. The van der Waals surface area contributed by atoms with Crippen molar-refractivity contribution in [3.63, 3.8) is 0 Å². The zero-order chi connectivity index (χ0) is 35.3. The molecule has 6 heterocycles. The Morgan fingerprint density at radius 1 is 0.776 bits per heavy atom. The first kappa shape index (κ1) is 37.3. The van der Waals surface area contributed by atoms with E-state index >= 15 is 0 Å². The van der Waals surface area contributed by atoms with Gasteiger partial charge >= 0.3 is 5.97 Å². The number of carbonyl (C=O) groups is 2. The minimum Gasteiger partial charge on any atom is -0.494 e. The summed E-state index contributed by atoms with van der Waals surface area (Å²) in [6.07, 6.45) is 6.83. The number of hydrogen-bond donors (Lipinski definition) is 4. The number of aromatic carboxylic acids is 1. The Morgan fingerprint density at radius 2 is 1.24 bits per heavy atom. The molecule has 2 aliphatic heterocycles. The summed E-state index contributed by atoms with van der Waals surface area (Å²) in [6.45, 7) is 3.51. The van der Waals surface area contributed by atoms with Crippen LogP contribution in [-0.4, -0.2) is 92.6 Å². The predicted molar refractivity (Wildman–Crippen MR) is 190 cm³/mol. The molecule has 2 saturated heterocycles. The number of nitrogen functional groups attached to an aromatic ring is 2. The van der Waals surface area contributed by atoms with E-state index in [1.807, 2.05) is 23.1 Å². The number of carboxylic acid groups (broad SMARTS) is 1. The molecular weight excluding hydrogens is 764 g/mol. The van der Waals surface area contributed by atoms with Gasteiger partial charge in [-0.2, -0.15) is 10.2 Å². The molecule has 0 radical (unpaired) electrons. The standard InChI is InChI=1S/C16H18BrN5O2.C9H14N4.C7H6BrNO3/c1-24-13-8-11(9-19-15(13)17)16(23)22-6-4-10(5-7-22)12-2-3-14(18)21-20-12;10-9-2-1-8(12-13-9)7-3-5-11-6-4-7;1-12-5-2-4(7(10)11)3-9-6(5)8/h2-3,8-10H,4-7H2,1H3,(H2,18,21);1-2,7,11H,3-6H2,(H2,10,13);2-3H,1H3,(H,10,11). The molecule has 260 valence electrons. The highest BCUT2D eigenvalue weighted by atomic mass is 79.9. The first-order valence-corrected chi connectivity index (χ1v) is 17.0. The highest BCUT2D eigenvalue weighted by Crippen LogP contribution is 2.29. The van der Waals surface area contributed by atoms with Crippen LogP contribution in [0.1, 0.15) is 69.6 Å². The SMILES string of the molecule is COc1cc(C(=O)N2CCC(c3ccc(N)nn3)CC2)cnc1Br.COc1cc(C(=O)O)cnc1Br.Nc1ccc(C2CCNCC2)nn1. The number of nitrogens with two attached hydrogens (primary N) is 2. The Bertz CT molecular complexity index is 1690. The average molecular weight is 803 g/mol. The Labute approximate surface area is 300 Å². The molecule has 6 rings (SSSR count). The number of ether oxygens (including phenoxy) is 2. The topological polar surface area (TPSA) is 217 Å². The van der Waals surface area contributed by atoms with Crippen molar-refractivity contribution in [3.05, 3.63) is 80.5 Å². The van der Waals surface area contributed by atoms with Gasteiger partial charge in [0.15, 0.2) is 11.5 Å². The van der Waals surface area contributed by atoms with Crippen LogP contribution in [0.25, 0.3) is 0 Å². The molecule has 49 heavy (non-hydrogen) atoms. The van der Waals surface area contributed by atoms with Crippen molar-refractivity contribution in [1.82, 2.24) is 40.6 Å². The Hall–Kier alpha value is -4.48. The number of nitrogens with zero attached hydrogens (tertiary/aromatic N) is 7. The number of amides is 1. The van der Waals surface area contributed by atoms with E-state index in [0.717, 1.165) is 50.2 Å². The number of nitrogens with one attached hydrogen (secondary N) is 1. The molecule has 0 spiro atoms. The number of anilines is 2. The number of rotatable bonds is 6. The van der Waals surface area contributed by atoms with Crippen molar-refractivity contribution in [3.8, 4) is 11.5 Å². The zero-order valence-electron chi connectivity index (χ0n) is 27.1. The third-order valence-electron chi connectivity index (χ3n) is 7.92. The second-order valence-electron chi connectivity index (χ2n) is 11.1. The van der Waals surface area contributed by atoms with Gasteiger partial charge in [-0.05, 0) is 107 Å². The first-order valence-electron chi connectivity index (χ1n) is 15.4. The molecule has 0 aromatic carbocycles. The Balaban J connectivity index is 0.000000182. The van der Waals surface area contributed by atoms with Crippen LogP contribution < -0.4 is 26.3 Å². The molecule has 4 aromatic rings. The number of carbonyl (C=O) groups excluding carboxylic acids is 1. The zero-order valence-corrected chi connectivity index (χ0v) is 30.2. The van der Waals surface area contributed by atoms with E-state index in [9.17, 15) is 9.59 Å². The van der Waals surface area contributed by atoms with Crippen LogP contribution in [0, 0.1) is 0 Å². The summed E-state index contributed by atoms with van der Waals surface area (Å²) >= 11 is 6.40. The number of methoxy groups -OCH3 is 2. The molecule has 4 aromatic heterocycles. The van der Waals surface area contributed by atoms with Crippen LogP contribution in [-0.2, 0) is 0 Å². The maximum absolute atomic E-state index is 12.6. The largest absolute Gasteiger partial charge is 0.494 e. The van der Waals surface area contributed by atoms with E-state index in [0.29, 0.717) is 62.8 Å². The number of likely N-dealkylation sites (tertiary alicyclic amines) is 1. The highest BCUT2D eigenvalue weighted by molar-refractivity contribution is 9.10. The average Bonchev–Trinajstić information content (AvgIpc) is 3.13. The third kappa shape index (κ3) is 10.8. The number of carboxylic acids is 1. The second kappa shape index (κ2) is 18.3. The van der Waals surface area contributed by atoms with E-state index in [4.69, 9.17) is 26.0 Å². The highest BCUT2D eigenvalue weighted by Gasteiger charge is 2.26. The van der Waals surface area contributed by atoms with Gasteiger partial charge in [-0.1, -0.05) is 0 Å². The quantitative estimate of drug-likeness (QED) is 0.200. The van der Waals surface area contributed by atoms with Gasteiger partial charge in [0, 0.05) is 37.3 Å². The van der Waals surface area contributed by atoms with Gasteiger partial charge in [-0.25, -0.2) is 14.8 Å². The molecule has 1 amide bonds. The Morgan fingerprint density at radius 3 is 1.69 bits per heavy atom. The van der Waals surface area contributed by atoms with Gasteiger partial charge in [-0.3, -0.25) is 4.79 Å². The van der Waals surface area contributed by atoms with E-state index < -0.39 is 5.97 Å². The third-order valence-corrected chi connectivity index (χ3v) is 9.11. The van der Waals surface area contributed by atoms with Crippen molar-refractivity contribution in [2.24, 2.45) is 0 Å². The fourth-order valence-corrected chi connectivity index (χ4v) is 5.95. The van der Waals surface area contributed by atoms with Crippen LogP contribution in [0.4, 0.5) is 11.6 Å². The van der Waals surface area contributed by atoms with Crippen molar-refractivity contribution in [1.29, 1.82) is 0 Å². The summed E-state index contributed by atoms with van der Waals surface area (Å²) in [7, 11) is 3.00. The molecule has 17 heteroatoms. The summed E-state index contributed by atoms with van der Waals surface area (Å²) in [5.41, 5.74) is 13.7. The summed E-state index contributed by atoms with van der Waals surface area (Å²) < 4.78 is 11.1. The van der Waals surface area contributed by atoms with Gasteiger partial charge in [0.05, 0.1) is 36.7 Å². The molecule has 0 saturated carbocycles. The summed E-state index contributed by atoms with van der Waals surface area (Å²) in [6, 6.07) is 10.6. The Kier molecular flexibility index (Phi) is 14.0. The number of piperidine rings is 2. The van der Waals surface area contributed by atoms with Crippen molar-refractivity contribution < 1.29 is 24.2 Å². The summed E-state index contributed by atoms with van der Waals surface area (Å²) in [4.78, 5) is 32.9.